The third-order valence-electron chi connectivity index (χ3n) is 9.48. The Balaban J connectivity index is 1.14. The van der Waals surface area contributed by atoms with E-state index >= 15 is 0 Å². The number of aliphatic hydroxyl groups excluding tert-OH is 2. The molecule has 2 aliphatic carbocycles. The van der Waals surface area contributed by atoms with Crippen molar-refractivity contribution in [1.29, 1.82) is 0 Å². The van der Waals surface area contributed by atoms with Crippen molar-refractivity contribution in [3.8, 4) is 11.5 Å². The number of aromatic hydroxyl groups is 1. The number of aryl methyl sites for hydroxylation is 1. The van der Waals surface area contributed by atoms with E-state index in [1.165, 1.54) is 37.0 Å². The van der Waals surface area contributed by atoms with Crippen LogP contribution in [-0.4, -0.2) is 59.5 Å². The van der Waals surface area contributed by atoms with Crippen LogP contribution in [0, 0.1) is 29.9 Å². The van der Waals surface area contributed by atoms with Gasteiger partial charge in [0.05, 0.1) is 24.5 Å². The van der Waals surface area contributed by atoms with Crippen molar-refractivity contribution >= 4 is 5.71 Å². The molecule has 2 aliphatic heterocycles. The molecule has 1 unspecified atom stereocenters. The number of fused-ring (bicyclic) bond motifs is 2. The molecular weight excluding hydrogens is 528 g/mol. The maximum absolute atomic E-state index is 10.5. The van der Waals surface area contributed by atoms with Crippen LogP contribution in [0.2, 0.25) is 0 Å². The zero-order valence-corrected chi connectivity index (χ0v) is 25.5. The number of phenols is 1. The Kier molecular flexibility index (Phi) is 10.9. The van der Waals surface area contributed by atoms with Crippen LogP contribution in [0.25, 0.3) is 0 Å². The van der Waals surface area contributed by atoms with E-state index in [0.717, 1.165) is 74.3 Å². The van der Waals surface area contributed by atoms with Crippen LogP contribution in [-0.2, 0) is 11.2 Å². The van der Waals surface area contributed by atoms with Gasteiger partial charge in [-0.2, -0.15) is 11.6 Å². The third kappa shape index (κ3) is 7.73. The highest BCUT2D eigenvalue weighted by atomic mass is 16.5. The fourth-order valence-electron chi connectivity index (χ4n) is 7.27. The number of aliphatic hydroxyl groups is 2. The Morgan fingerprint density at radius 1 is 1.26 bits per heavy atom. The molecule has 5 atom stereocenters. The average molecular weight is 579 g/mol. The first-order valence-corrected chi connectivity index (χ1v) is 16.3. The van der Waals surface area contributed by atoms with E-state index in [4.69, 9.17) is 14.5 Å². The molecule has 2 saturated carbocycles. The summed E-state index contributed by atoms with van der Waals surface area (Å²) in [6.45, 7) is 5.99. The number of hydrogen-bond donors (Lipinski definition) is 4. The third-order valence-corrected chi connectivity index (χ3v) is 9.48. The molecule has 0 spiro atoms. The SMILES string of the molecule is CCCCC1O[C-](CCc2ccc(O)c(OCC[C+]3C=C4C(=N3)CC[C@H]3CCC[C@@H]3[C@H]4CNC[C@H](C)O)c2)C=C1CO. The summed E-state index contributed by atoms with van der Waals surface area (Å²) in [6.07, 6.45) is 16.4. The molecule has 0 bridgehead atoms. The van der Waals surface area contributed by atoms with Gasteiger partial charge in [0.1, 0.15) is 12.2 Å². The summed E-state index contributed by atoms with van der Waals surface area (Å²) in [6, 6.07) is 6.62. The Labute approximate surface area is 252 Å². The first-order chi connectivity index (χ1) is 20.4. The zero-order valence-electron chi connectivity index (χ0n) is 25.5. The van der Waals surface area contributed by atoms with Crippen molar-refractivity contribution in [3.63, 3.8) is 0 Å². The number of ether oxygens (including phenoxy) is 2. The normalized spacial score (nSPS) is 26.0. The number of rotatable bonds is 15. The minimum atomic E-state index is -0.344. The standard InChI is InChI=1S/C35H50N2O5/c1-3-4-8-34-26(22-38)18-28(42-34)12-9-24-10-14-33(40)35(17-24)41-16-15-27-19-30-31(21-36-20-23(2)39)29-7-5-6-25(29)11-13-32(30)37-27/h10,14,17-19,23,25,29,31,34,36,38-40H,3-9,11-13,15-16,20-22H2,1-2H3/t23-,25+,29-,31+,34?/m0/s1. The van der Waals surface area contributed by atoms with Crippen molar-refractivity contribution in [1.82, 2.24) is 5.32 Å². The van der Waals surface area contributed by atoms with Crippen molar-refractivity contribution in [2.75, 3.05) is 26.3 Å². The second-order valence-electron chi connectivity index (χ2n) is 12.6. The fourth-order valence-corrected chi connectivity index (χ4v) is 7.27. The van der Waals surface area contributed by atoms with Gasteiger partial charge in [0, 0.05) is 32.2 Å². The lowest BCUT2D eigenvalue weighted by Gasteiger charge is -2.24. The summed E-state index contributed by atoms with van der Waals surface area (Å²) < 4.78 is 12.2. The maximum atomic E-state index is 10.5. The number of unbranched alkanes of at least 4 members (excludes halogenated alkanes) is 1. The summed E-state index contributed by atoms with van der Waals surface area (Å²) in [7, 11) is 0. The lowest BCUT2D eigenvalue weighted by Crippen LogP contribution is -2.34. The van der Waals surface area contributed by atoms with Gasteiger partial charge < -0.3 is 30.1 Å². The average Bonchev–Trinajstić information content (AvgIpc) is 3.70. The number of benzene rings is 1. The van der Waals surface area contributed by atoms with Crippen LogP contribution in [0.4, 0.5) is 0 Å². The van der Waals surface area contributed by atoms with E-state index in [0.29, 0.717) is 37.2 Å². The van der Waals surface area contributed by atoms with Crippen LogP contribution < -0.4 is 10.1 Å². The molecule has 2 heterocycles. The summed E-state index contributed by atoms with van der Waals surface area (Å²) >= 11 is 0. The number of nitrogens with one attached hydrogen (secondary N) is 1. The van der Waals surface area contributed by atoms with E-state index in [9.17, 15) is 15.3 Å². The first kappa shape index (κ1) is 31.0. The van der Waals surface area contributed by atoms with Crippen molar-refractivity contribution in [2.45, 2.75) is 96.7 Å². The Morgan fingerprint density at radius 3 is 2.95 bits per heavy atom. The van der Waals surface area contributed by atoms with Gasteiger partial charge in [0.2, 0.25) is 0 Å². The van der Waals surface area contributed by atoms with Gasteiger partial charge in [-0.05, 0) is 62.1 Å². The van der Waals surface area contributed by atoms with Crippen LogP contribution in [0.15, 0.2) is 46.5 Å². The summed E-state index contributed by atoms with van der Waals surface area (Å²) in [5, 5.41) is 33.5. The van der Waals surface area contributed by atoms with E-state index in [1.54, 1.807) is 6.07 Å². The molecule has 7 nitrogen and oxygen atoms in total. The van der Waals surface area contributed by atoms with Gasteiger partial charge in [-0.15, -0.1) is 4.99 Å². The highest BCUT2D eigenvalue weighted by Gasteiger charge is 2.46. The lowest BCUT2D eigenvalue weighted by molar-refractivity contribution is 0.103. The topological polar surface area (TPSA) is 104 Å². The highest BCUT2D eigenvalue weighted by Crippen LogP contribution is 2.47. The molecule has 230 valence electrons. The molecule has 4 aliphatic rings. The number of phenolic OH excluding ortho intramolecular Hbond substituents is 1. The first-order valence-electron chi connectivity index (χ1n) is 16.3. The van der Waals surface area contributed by atoms with E-state index in [-0.39, 0.29) is 24.6 Å². The molecule has 0 saturated heterocycles. The van der Waals surface area contributed by atoms with E-state index in [2.05, 4.69) is 18.3 Å². The highest BCUT2D eigenvalue weighted by molar-refractivity contribution is 6.03. The monoisotopic (exact) mass is 578 g/mol. The van der Waals surface area contributed by atoms with Gasteiger partial charge >= 0.3 is 0 Å². The Hall–Kier alpha value is -2.45. The van der Waals surface area contributed by atoms with Crippen molar-refractivity contribution in [3.05, 3.63) is 59.2 Å². The zero-order chi connectivity index (χ0) is 29.5. The summed E-state index contributed by atoms with van der Waals surface area (Å²) in [4.78, 5) is 5.05. The predicted molar refractivity (Wildman–Crippen MR) is 166 cm³/mol. The molecule has 2 fully saturated rings. The minimum Gasteiger partial charge on any atom is -0.504 e. The molecular formula is C35H50N2O5. The van der Waals surface area contributed by atoms with Crippen LogP contribution in [0.1, 0.15) is 83.6 Å². The molecule has 7 heteroatoms. The largest absolute Gasteiger partial charge is 0.504 e. The Morgan fingerprint density at radius 2 is 2.14 bits per heavy atom. The van der Waals surface area contributed by atoms with Crippen molar-refractivity contribution in [2.24, 2.45) is 22.7 Å². The smallest absolute Gasteiger partial charge is 0.189 e. The molecule has 1 aromatic rings. The number of nitrogens with zero attached hydrogens (tertiary/aromatic N) is 1. The second kappa shape index (κ2) is 14.8. The minimum absolute atomic E-state index is 0.00104. The van der Waals surface area contributed by atoms with Gasteiger partial charge in [0.25, 0.3) is 0 Å². The molecule has 0 amide bonds. The fraction of sp³-hybridized carbons (Fsp3) is 0.629. The molecule has 0 radical (unpaired) electrons. The van der Waals surface area contributed by atoms with Crippen LogP contribution >= 0.6 is 0 Å². The van der Waals surface area contributed by atoms with Gasteiger partial charge in [-0.3, -0.25) is 0 Å². The molecule has 4 N–H and O–H groups in total. The summed E-state index contributed by atoms with van der Waals surface area (Å²) in [5.41, 5.74) is 4.68. The van der Waals surface area contributed by atoms with E-state index in [1.807, 2.05) is 25.1 Å². The van der Waals surface area contributed by atoms with E-state index < -0.39 is 0 Å². The molecule has 5 rings (SSSR count). The number of hydrogen-bond acceptors (Lipinski definition) is 7. The second-order valence-corrected chi connectivity index (χ2v) is 12.6. The molecule has 0 aromatic heterocycles. The van der Waals surface area contributed by atoms with Crippen LogP contribution in [0.3, 0.4) is 0 Å². The molecule has 42 heavy (non-hydrogen) atoms. The Bertz CT molecular complexity index is 1130. The maximum Gasteiger partial charge on any atom is 0.189 e. The summed E-state index contributed by atoms with van der Waals surface area (Å²) in [5.74, 6) is 2.58. The predicted octanol–water partition coefficient (Wildman–Crippen LogP) is 5.84. The van der Waals surface area contributed by atoms with Crippen LogP contribution in [0.5, 0.6) is 11.5 Å². The van der Waals surface area contributed by atoms with Gasteiger partial charge in [0.15, 0.2) is 23.3 Å². The van der Waals surface area contributed by atoms with Gasteiger partial charge in [-0.25, -0.2) is 0 Å². The van der Waals surface area contributed by atoms with Crippen molar-refractivity contribution < 1.29 is 24.8 Å². The van der Waals surface area contributed by atoms with Gasteiger partial charge in [-0.1, -0.05) is 51.2 Å². The lowest BCUT2D eigenvalue weighted by atomic mass is 9.80. The number of aliphatic imine (C=N–C) groups is 1. The molecule has 1 aromatic carbocycles. The quantitative estimate of drug-likeness (QED) is 0.195.